The van der Waals surface area contributed by atoms with E-state index in [-0.39, 0.29) is 18.4 Å². The zero-order chi connectivity index (χ0) is 24.9. The molecule has 0 radical (unpaired) electrons. The number of carboxylic acid groups (broad SMARTS) is 1. The van der Waals surface area contributed by atoms with Crippen molar-refractivity contribution in [1.29, 1.82) is 0 Å². The molecule has 1 aliphatic rings. The summed E-state index contributed by atoms with van der Waals surface area (Å²) in [6.45, 7) is 3.99. The molecule has 0 saturated carbocycles. The van der Waals surface area contributed by atoms with Crippen molar-refractivity contribution in [2.45, 2.75) is 32.2 Å². The Kier molecular flexibility index (Phi) is 7.15. The summed E-state index contributed by atoms with van der Waals surface area (Å²) in [6.07, 6.45) is -0.255. The molecule has 1 atom stereocenters. The van der Waals surface area contributed by atoms with Crippen LogP contribution in [0.3, 0.4) is 0 Å². The Morgan fingerprint density at radius 2 is 1.46 bits per heavy atom. The number of rotatable bonds is 8. The van der Waals surface area contributed by atoms with Gasteiger partial charge in [0, 0.05) is 17.2 Å². The molecule has 4 rings (SSSR count). The molecule has 3 aromatic rings. The zero-order valence-corrected chi connectivity index (χ0v) is 19.7. The zero-order valence-electron chi connectivity index (χ0n) is 19.7. The van der Waals surface area contributed by atoms with Gasteiger partial charge >= 0.3 is 12.1 Å². The lowest BCUT2D eigenvalue weighted by atomic mass is 9.98. The Hall–Kier alpha value is -4.13. The smallest absolute Gasteiger partial charge is 0.411 e. The van der Waals surface area contributed by atoms with Crippen molar-refractivity contribution in [1.82, 2.24) is 5.32 Å². The minimum atomic E-state index is -1.07. The summed E-state index contributed by atoms with van der Waals surface area (Å²) in [7, 11) is 0. The number of ether oxygens (including phenoxy) is 1. The predicted octanol–water partition coefficient (Wildman–Crippen LogP) is 5.28. The van der Waals surface area contributed by atoms with Gasteiger partial charge in [-0.2, -0.15) is 0 Å². The molecule has 2 amide bonds. The van der Waals surface area contributed by atoms with Gasteiger partial charge in [0.05, 0.1) is 0 Å². The minimum absolute atomic E-state index is 0.0350. The van der Waals surface area contributed by atoms with Gasteiger partial charge in [-0.3, -0.25) is 10.1 Å². The van der Waals surface area contributed by atoms with Crippen LogP contribution in [0.5, 0.6) is 0 Å². The van der Waals surface area contributed by atoms with Crippen molar-refractivity contribution in [2.75, 3.05) is 11.9 Å². The third-order valence-electron chi connectivity index (χ3n) is 6.05. The standard InChI is InChI=1S/C28H28N2O5/c1-17(2)15-25(27(32)33)30-26(31)18-11-13-19(14-12-18)29-28(34)35-16-24-22-9-5-3-7-20(22)21-8-4-6-10-23(21)24/h3-14,17,24-25H,15-16H2,1-2H3,(H,29,34)(H,30,31)(H,32,33)/t25-/m0/s1. The first-order valence-corrected chi connectivity index (χ1v) is 11.6. The largest absolute Gasteiger partial charge is 0.480 e. The molecular formula is C28H28N2O5. The van der Waals surface area contributed by atoms with E-state index < -0.39 is 24.0 Å². The quantitative estimate of drug-likeness (QED) is 0.414. The first-order chi connectivity index (χ1) is 16.8. The van der Waals surface area contributed by atoms with Crippen LogP contribution in [-0.2, 0) is 9.53 Å². The molecule has 0 aliphatic heterocycles. The van der Waals surface area contributed by atoms with E-state index >= 15 is 0 Å². The van der Waals surface area contributed by atoms with E-state index in [0.717, 1.165) is 22.3 Å². The second kappa shape index (κ2) is 10.4. The molecule has 0 aromatic heterocycles. The third-order valence-corrected chi connectivity index (χ3v) is 6.05. The maximum atomic E-state index is 12.5. The van der Waals surface area contributed by atoms with Crippen LogP contribution in [0.2, 0.25) is 0 Å². The Balaban J connectivity index is 1.35. The van der Waals surface area contributed by atoms with Gasteiger partial charge in [-0.15, -0.1) is 0 Å². The van der Waals surface area contributed by atoms with E-state index in [0.29, 0.717) is 17.7 Å². The van der Waals surface area contributed by atoms with Crippen LogP contribution in [-0.4, -0.2) is 35.7 Å². The van der Waals surface area contributed by atoms with Gasteiger partial charge in [-0.05, 0) is 58.9 Å². The van der Waals surface area contributed by atoms with Crippen LogP contribution in [0.25, 0.3) is 11.1 Å². The van der Waals surface area contributed by atoms with E-state index in [1.54, 1.807) is 12.1 Å². The Bertz CT molecular complexity index is 1190. The number of nitrogens with one attached hydrogen (secondary N) is 2. The summed E-state index contributed by atoms with van der Waals surface area (Å²) in [5.74, 6) is -1.46. The van der Waals surface area contributed by atoms with Gasteiger partial charge in [0.1, 0.15) is 12.6 Å². The number of amides is 2. The normalized spacial score (nSPS) is 13.0. The number of fused-ring (bicyclic) bond motifs is 3. The first-order valence-electron chi connectivity index (χ1n) is 11.6. The summed E-state index contributed by atoms with van der Waals surface area (Å²) in [5, 5.41) is 14.5. The van der Waals surface area contributed by atoms with Gasteiger partial charge in [0.25, 0.3) is 5.91 Å². The van der Waals surface area contributed by atoms with Gasteiger partial charge < -0.3 is 15.2 Å². The SMILES string of the molecule is CC(C)C[C@H](NC(=O)c1ccc(NC(=O)OCC2c3ccccc3-c3ccccc32)cc1)C(=O)O. The van der Waals surface area contributed by atoms with E-state index in [4.69, 9.17) is 4.74 Å². The maximum absolute atomic E-state index is 12.5. The number of benzene rings is 3. The molecule has 0 saturated heterocycles. The van der Waals surface area contributed by atoms with Crippen LogP contribution in [0, 0.1) is 5.92 Å². The highest BCUT2D eigenvalue weighted by atomic mass is 16.5. The molecule has 0 spiro atoms. The fourth-order valence-electron chi connectivity index (χ4n) is 4.39. The lowest BCUT2D eigenvalue weighted by Gasteiger charge is -2.16. The van der Waals surface area contributed by atoms with E-state index in [2.05, 4.69) is 34.9 Å². The van der Waals surface area contributed by atoms with Gasteiger partial charge in [0.15, 0.2) is 0 Å². The molecule has 7 heteroatoms. The number of carbonyl (C=O) groups excluding carboxylic acids is 2. The molecule has 3 aromatic carbocycles. The van der Waals surface area contributed by atoms with Crippen molar-refractivity contribution >= 4 is 23.7 Å². The van der Waals surface area contributed by atoms with E-state index in [9.17, 15) is 19.5 Å². The third kappa shape index (κ3) is 5.51. The average Bonchev–Trinajstić information content (AvgIpc) is 3.16. The van der Waals surface area contributed by atoms with E-state index in [1.807, 2.05) is 38.1 Å². The van der Waals surface area contributed by atoms with Crippen molar-refractivity contribution < 1.29 is 24.2 Å². The number of hydrogen-bond donors (Lipinski definition) is 3. The van der Waals surface area contributed by atoms with Crippen LogP contribution in [0.15, 0.2) is 72.8 Å². The highest BCUT2D eigenvalue weighted by molar-refractivity contribution is 5.97. The summed E-state index contributed by atoms with van der Waals surface area (Å²) in [4.78, 5) is 36.3. The molecular weight excluding hydrogens is 444 g/mol. The molecule has 0 bridgehead atoms. The predicted molar refractivity (Wildman–Crippen MR) is 133 cm³/mol. The number of hydrogen-bond acceptors (Lipinski definition) is 4. The second-order valence-corrected chi connectivity index (χ2v) is 9.02. The Labute approximate surface area is 204 Å². The Morgan fingerprint density at radius 1 is 0.886 bits per heavy atom. The molecule has 0 unspecified atom stereocenters. The molecule has 0 heterocycles. The van der Waals surface area contributed by atoms with Crippen LogP contribution < -0.4 is 10.6 Å². The van der Waals surface area contributed by atoms with Gasteiger partial charge in [0.2, 0.25) is 0 Å². The summed E-state index contributed by atoms with van der Waals surface area (Å²) in [6, 6.07) is 21.5. The average molecular weight is 473 g/mol. The molecule has 180 valence electrons. The van der Waals surface area contributed by atoms with Gasteiger partial charge in [-0.1, -0.05) is 62.4 Å². The monoisotopic (exact) mass is 472 g/mol. The highest BCUT2D eigenvalue weighted by Crippen LogP contribution is 2.44. The second-order valence-electron chi connectivity index (χ2n) is 9.02. The minimum Gasteiger partial charge on any atom is -0.480 e. The Morgan fingerprint density at radius 3 is 2.00 bits per heavy atom. The lowest BCUT2D eigenvalue weighted by Crippen LogP contribution is -2.41. The molecule has 1 aliphatic carbocycles. The van der Waals surface area contributed by atoms with Gasteiger partial charge in [-0.25, -0.2) is 9.59 Å². The number of carboxylic acids is 1. The molecule has 0 fully saturated rings. The summed E-state index contributed by atoms with van der Waals surface area (Å²) < 4.78 is 5.54. The molecule has 7 nitrogen and oxygen atoms in total. The molecule has 3 N–H and O–H groups in total. The van der Waals surface area contributed by atoms with Crippen molar-refractivity contribution in [2.24, 2.45) is 5.92 Å². The fraction of sp³-hybridized carbons (Fsp3) is 0.250. The van der Waals surface area contributed by atoms with Crippen molar-refractivity contribution in [3.05, 3.63) is 89.5 Å². The van der Waals surface area contributed by atoms with Crippen molar-refractivity contribution in [3.8, 4) is 11.1 Å². The number of anilines is 1. The lowest BCUT2D eigenvalue weighted by molar-refractivity contribution is -0.139. The van der Waals surface area contributed by atoms with E-state index in [1.165, 1.54) is 12.1 Å². The van der Waals surface area contributed by atoms with Crippen LogP contribution >= 0.6 is 0 Å². The maximum Gasteiger partial charge on any atom is 0.411 e. The topological polar surface area (TPSA) is 105 Å². The van der Waals surface area contributed by atoms with Crippen LogP contribution in [0.4, 0.5) is 10.5 Å². The number of carbonyl (C=O) groups is 3. The van der Waals surface area contributed by atoms with Crippen molar-refractivity contribution in [3.63, 3.8) is 0 Å². The summed E-state index contributed by atoms with van der Waals surface area (Å²) >= 11 is 0. The van der Waals surface area contributed by atoms with Crippen LogP contribution in [0.1, 0.15) is 47.7 Å². The highest BCUT2D eigenvalue weighted by Gasteiger charge is 2.29. The number of aliphatic carboxylic acids is 1. The fourth-order valence-corrected chi connectivity index (χ4v) is 4.39. The summed E-state index contributed by atoms with van der Waals surface area (Å²) in [5.41, 5.74) is 5.35. The first kappa shape index (κ1) is 24.0. The molecule has 35 heavy (non-hydrogen) atoms.